The van der Waals surface area contributed by atoms with Gasteiger partial charge in [0.2, 0.25) is 5.91 Å². The number of benzene rings is 1. The summed E-state index contributed by atoms with van der Waals surface area (Å²) in [5.41, 5.74) is 4.16. The van der Waals surface area contributed by atoms with E-state index in [4.69, 9.17) is 4.98 Å². The Hall–Kier alpha value is -2.25. The van der Waals surface area contributed by atoms with Gasteiger partial charge in [0.1, 0.15) is 0 Å². The second-order valence-corrected chi connectivity index (χ2v) is 9.90. The minimum absolute atomic E-state index is 0.00523. The second kappa shape index (κ2) is 8.86. The molecule has 0 saturated carbocycles. The van der Waals surface area contributed by atoms with Crippen molar-refractivity contribution in [3.63, 3.8) is 0 Å². The topological polar surface area (TPSA) is 66.7 Å². The maximum absolute atomic E-state index is 12.4. The average molecular weight is 428 g/mol. The quantitative estimate of drug-likeness (QED) is 0.771. The summed E-state index contributed by atoms with van der Waals surface area (Å²) in [4.78, 5) is 33.9. The molecule has 2 N–H and O–H groups in total. The Balaban J connectivity index is 1.47. The number of anilines is 2. The third kappa shape index (κ3) is 4.42. The van der Waals surface area contributed by atoms with E-state index in [9.17, 15) is 9.59 Å². The van der Waals surface area contributed by atoms with Gasteiger partial charge < -0.3 is 9.80 Å². The number of hydrogen-bond donors (Lipinski definition) is 2. The van der Waals surface area contributed by atoms with Crippen molar-refractivity contribution in [3.05, 3.63) is 28.6 Å². The van der Waals surface area contributed by atoms with Crippen molar-refractivity contribution in [2.45, 2.75) is 46.5 Å². The molecule has 1 aromatic heterocycles. The molecule has 0 radical (unpaired) electrons. The fourth-order valence-electron chi connectivity index (χ4n) is 4.43. The fourth-order valence-corrected chi connectivity index (χ4v) is 5.28. The highest BCUT2D eigenvalue weighted by molar-refractivity contribution is 7.16. The largest absolute Gasteiger partial charge is 0.327 e. The first-order valence-corrected chi connectivity index (χ1v) is 11.8. The Morgan fingerprint density at radius 3 is 2.73 bits per heavy atom. The van der Waals surface area contributed by atoms with E-state index < -0.39 is 0 Å². The molecule has 2 aliphatic heterocycles. The maximum atomic E-state index is 12.4. The summed E-state index contributed by atoms with van der Waals surface area (Å²) in [7, 11) is 0. The smallest absolute Gasteiger partial charge is 0.281 e. The van der Waals surface area contributed by atoms with Gasteiger partial charge in [-0.1, -0.05) is 19.9 Å². The molecule has 4 rings (SSSR count). The summed E-state index contributed by atoms with van der Waals surface area (Å²) in [6, 6.07) is 6.22. The van der Waals surface area contributed by atoms with E-state index in [1.165, 1.54) is 41.1 Å². The molecular formula is C23H31N4O2S+. The molecule has 30 heavy (non-hydrogen) atoms. The van der Waals surface area contributed by atoms with E-state index in [1.54, 1.807) is 0 Å². The number of piperidine rings is 1. The maximum Gasteiger partial charge on any atom is 0.281 e. The van der Waals surface area contributed by atoms with E-state index in [-0.39, 0.29) is 17.7 Å². The van der Waals surface area contributed by atoms with Gasteiger partial charge in [-0.3, -0.25) is 14.9 Å². The molecule has 1 saturated heterocycles. The zero-order valence-electron chi connectivity index (χ0n) is 18.1. The number of likely N-dealkylation sites (tertiary alicyclic amines) is 1. The molecule has 2 amide bonds. The lowest BCUT2D eigenvalue weighted by Crippen LogP contribution is -3.13. The fraction of sp³-hybridized carbons (Fsp3) is 0.522. The molecule has 0 bridgehead atoms. The summed E-state index contributed by atoms with van der Waals surface area (Å²) in [5.74, 6) is 0.213. The predicted molar refractivity (Wildman–Crippen MR) is 121 cm³/mol. The van der Waals surface area contributed by atoms with Gasteiger partial charge in [-0.2, -0.15) is 0 Å². The number of carbonyl (C=O) groups is 2. The summed E-state index contributed by atoms with van der Waals surface area (Å²) >= 11 is 1.53. The number of quaternary nitrogens is 1. The molecule has 6 nitrogen and oxygen atoms in total. The van der Waals surface area contributed by atoms with Crippen LogP contribution in [0.25, 0.3) is 11.3 Å². The van der Waals surface area contributed by atoms with Gasteiger partial charge in [0.25, 0.3) is 5.91 Å². The Labute approximate surface area is 182 Å². The molecule has 3 heterocycles. The SMILES string of the molecule is Cc1sc(NC(=O)C[NH+]2CCCCC2)nc1-c1ccc2c(c1)CCN2C(=O)C(C)C. The molecule has 0 spiro atoms. The van der Waals surface area contributed by atoms with Crippen LogP contribution in [0, 0.1) is 12.8 Å². The second-order valence-electron chi connectivity index (χ2n) is 8.70. The number of aryl methyl sites for hydroxylation is 1. The molecule has 0 atom stereocenters. The van der Waals surface area contributed by atoms with Gasteiger partial charge in [-0.15, -0.1) is 11.3 Å². The predicted octanol–water partition coefficient (Wildman–Crippen LogP) is 2.67. The van der Waals surface area contributed by atoms with Crippen molar-refractivity contribution in [2.75, 3.05) is 36.4 Å². The first-order valence-electron chi connectivity index (χ1n) is 11.0. The minimum Gasteiger partial charge on any atom is -0.327 e. The molecule has 1 fully saturated rings. The van der Waals surface area contributed by atoms with Gasteiger partial charge in [-0.05, 0) is 50.3 Å². The number of hydrogen-bond acceptors (Lipinski definition) is 4. The van der Waals surface area contributed by atoms with Gasteiger partial charge in [0.15, 0.2) is 11.7 Å². The van der Waals surface area contributed by atoms with Crippen LogP contribution in [0.5, 0.6) is 0 Å². The Kier molecular flexibility index (Phi) is 6.20. The first-order chi connectivity index (χ1) is 14.4. The van der Waals surface area contributed by atoms with Gasteiger partial charge >= 0.3 is 0 Å². The van der Waals surface area contributed by atoms with Crippen LogP contribution in [0.4, 0.5) is 10.8 Å². The molecule has 0 aliphatic carbocycles. The number of aromatic nitrogens is 1. The van der Waals surface area contributed by atoms with Crippen molar-refractivity contribution >= 4 is 34.0 Å². The first kappa shape index (κ1) is 21.0. The molecular weight excluding hydrogens is 396 g/mol. The minimum atomic E-state index is -0.00523. The zero-order chi connectivity index (χ0) is 21.3. The lowest BCUT2D eigenvalue weighted by Gasteiger charge is -2.22. The Bertz CT molecular complexity index is 947. The number of nitrogens with zero attached hydrogens (tertiary/aromatic N) is 2. The van der Waals surface area contributed by atoms with Crippen LogP contribution in [0.3, 0.4) is 0 Å². The van der Waals surface area contributed by atoms with E-state index in [2.05, 4.69) is 11.4 Å². The van der Waals surface area contributed by atoms with Crippen molar-refractivity contribution in [1.82, 2.24) is 4.98 Å². The summed E-state index contributed by atoms with van der Waals surface area (Å²) in [6.07, 6.45) is 4.57. The molecule has 7 heteroatoms. The number of fused-ring (bicyclic) bond motifs is 1. The van der Waals surface area contributed by atoms with E-state index >= 15 is 0 Å². The monoisotopic (exact) mass is 427 g/mol. The van der Waals surface area contributed by atoms with E-state index in [0.717, 1.165) is 47.9 Å². The normalized spacial score (nSPS) is 16.7. The Morgan fingerprint density at radius 2 is 2.00 bits per heavy atom. The van der Waals surface area contributed by atoms with Crippen molar-refractivity contribution in [1.29, 1.82) is 0 Å². The van der Waals surface area contributed by atoms with Crippen LogP contribution in [-0.2, 0) is 16.0 Å². The number of thiazole rings is 1. The van der Waals surface area contributed by atoms with Gasteiger partial charge in [0, 0.05) is 28.6 Å². The third-order valence-corrected chi connectivity index (χ3v) is 6.91. The average Bonchev–Trinajstić information content (AvgIpc) is 3.30. The lowest BCUT2D eigenvalue weighted by molar-refractivity contribution is -0.896. The number of nitrogens with one attached hydrogen (secondary N) is 2. The van der Waals surface area contributed by atoms with E-state index in [1.807, 2.05) is 37.8 Å². The molecule has 160 valence electrons. The summed E-state index contributed by atoms with van der Waals surface area (Å²) in [6.45, 7) is 9.35. The Morgan fingerprint density at radius 1 is 1.23 bits per heavy atom. The highest BCUT2D eigenvalue weighted by Crippen LogP contribution is 2.36. The van der Waals surface area contributed by atoms with Crippen LogP contribution in [0.1, 0.15) is 43.6 Å². The van der Waals surface area contributed by atoms with Crippen LogP contribution in [-0.4, -0.2) is 43.0 Å². The van der Waals surface area contributed by atoms with Crippen molar-refractivity contribution in [2.24, 2.45) is 5.92 Å². The lowest BCUT2D eigenvalue weighted by atomic mass is 10.1. The van der Waals surface area contributed by atoms with E-state index in [0.29, 0.717) is 11.7 Å². The zero-order valence-corrected chi connectivity index (χ0v) is 18.9. The van der Waals surface area contributed by atoms with Gasteiger partial charge in [-0.25, -0.2) is 4.98 Å². The number of carbonyl (C=O) groups excluding carboxylic acids is 2. The molecule has 1 aromatic carbocycles. The molecule has 2 aliphatic rings. The van der Waals surface area contributed by atoms with Crippen LogP contribution in [0.15, 0.2) is 18.2 Å². The molecule has 0 unspecified atom stereocenters. The van der Waals surface area contributed by atoms with Crippen molar-refractivity contribution < 1.29 is 14.5 Å². The van der Waals surface area contributed by atoms with Crippen LogP contribution >= 0.6 is 11.3 Å². The number of rotatable bonds is 5. The van der Waals surface area contributed by atoms with Crippen molar-refractivity contribution in [3.8, 4) is 11.3 Å². The number of amides is 2. The van der Waals surface area contributed by atoms with Gasteiger partial charge in [0.05, 0.1) is 18.8 Å². The third-order valence-electron chi connectivity index (χ3n) is 6.02. The van der Waals surface area contributed by atoms with Crippen LogP contribution < -0.4 is 15.1 Å². The highest BCUT2D eigenvalue weighted by atomic mass is 32.1. The standard InChI is InChI=1S/C23H30N4O2S/c1-15(2)22(29)27-12-9-17-13-18(7-8-19(17)27)21-16(3)30-23(25-21)24-20(28)14-26-10-5-4-6-11-26/h7-8,13,15H,4-6,9-12,14H2,1-3H3,(H,24,25,28)/p+1. The summed E-state index contributed by atoms with van der Waals surface area (Å²) < 4.78 is 0. The van der Waals surface area contributed by atoms with Crippen LogP contribution in [0.2, 0.25) is 0 Å². The summed E-state index contributed by atoms with van der Waals surface area (Å²) in [5, 5.41) is 3.67. The highest BCUT2D eigenvalue weighted by Gasteiger charge is 2.27. The molecule has 2 aromatic rings.